The van der Waals surface area contributed by atoms with Crippen molar-refractivity contribution >= 4 is 23.6 Å². The standard InChI is InChI=1S/C26H40N4O5/c1-7-15(4)21-25(34)30-22(16(5)17(6)31)26(35)27-19(13-18-11-9-8-10-12-18)23(32)28-20(14(2)3)24(33)29-21/h8-12,14-17,19-22,31H,7,13H2,1-6H3,(H,27,35)(H,28,32)(H,29,33)(H,30,34). The van der Waals surface area contributed by atoms with Crippen LogP contribution in [0.25, 0.3) is 0 Å². The molecule has 9 nitrogen and oxygen atoms in total. The van der Waals surface area contributed by atoms with Crippen LogP contribution in [0.5, 0.6) is 0 Å². The molecule has 9 heteroatoms. The molecule has 0 spiro atoms. The Bertz CT molecular complexity index is 889. The maximum absolute atomic E-state index is 13.4. The Balaban J connectivity index is 2.50. The van der Waals surface area contributed by atoms with E-state index in [0.717, 1.165) is 5.56 Å². The van der Waals surface area contributed by atoms with Crippen LogP contribution in [0.2, 0.25) is 0 Å². The topological polar surface area (TPSA) is 137 Å². The molecule has 194 valence electrons. The SMILES string of the molecule is CCC(C)C1NC(=O)C(C(C)C)NC(=O)C(Cc2ccccc2)NC(=O)C(C(C)C(C)O)NC1=O. The summed E-state index contributed by atoms with van der Waals surface area (Å²) in [6.07, 6.45) is -0.0920. The second-order valence-corrected chi connectivity index (χ2v) is 9.94. The molecule has 1 aliphatic heterocycles. The highest BCUT2D eigenvalue weighted by Crippen LogP contribution is 2.15. The molecule has 7 atom stereocenters. The second kappa shape index (κ2) is 12.7. The lowest BCUT2D eigenvalue weighted by molar-refractivity contribution is -0.139. The number of hydrogen-bond acceptors (Lipinski definition) is 5. The van der Waals surface area contributed by atoms with Gasteiger partial charge in [-0.15, -0.1) is 0 Å². The molecule has 4 amide bonds. The molecule has 1 heterocycles. The normalized spacial score (nSPS) is 26.9. The van der Waals surface area contributed by atoms with E-state index in [1.54, 1.807) is 20.8 Å². The van der Waals surface area contributed by atoms with Gasteiger partial charge in [0.05, 0.1) is 6.10 Å². The second-order valence-electron chi connectivity index (χ2n) is 9.94. The van der Waals surface area contributed by atoms with Crippen molar-refractivity contribution in [3.63, 3.8) is 0 Å². The Labute approximate surface area is 207 Å². The van der Waals surface area contributed by atoms with Crippen LogP contribution in [-0.4, -0.2) is 59.0 Å². The minimum Gasteiger partial charge on any atom is -0.393 e. The van der Waals surface area contributed by atoms with E-state index < -0.39 is 59.8 Å². The van der Waals surface area contributed by atoms with Gasteiger partial charge in [0.2, 0.25) is 23.6 Å². The molecule has 2 rings (SSSR count). The van der Waals surface area contributed by atoms with Crippen molar-refractivity contribution in [1.82, 2.24) is 21.3 Å². The Kier molecular flexibility index (Phi) is 10.2. The first-order valence-corrected chi connectivity index (χ1v) is 12.4. The Morgan fingerprint density at radius 3 is 1.80 bits per heavy atom. The van der Waals surface area contributed by atoms with Gasteiger partial charge in [-0.3, -0.25) is 19.2 Å². The first kappa shape index (κ1) is 28.3. The van der Waals surface area contributed by atoms with Gasteiger partial charge >= 0.3 is 0 Å². The molecule has 1 aromatic rings. The molecule has 1 saturated heterocycles. The van der Waals surface area contributed by atoms with E-state index >= 15 is 0 Å². The van der Waals surface area contributed by atoms with Crippen molar-refractivity contribution in [1.29, 1.82) is 0 Å². The van der Waals surface area contributed by atoms with Crippen LogP contribution in [0.4, 0.5) is 0 Å². The fourth-order valence-corrected chi connectivity index (χ4v) is 4.01. The Morgan fingerprint density at radius 1 is 0.743 bits per heavy atom. The molecule has 1 aromatic carbocycles. The molecule has 0 bridgehead atoms. The maximum atomic E-state index is 13.4. The van der Waals surface area contributed by atoms with Crippen molar-refractivity contribution in [2.24, 2.45) is 17.8 Å². The summed E-state index contributed by atoms with van der Waals surface area (Å²) < 4.78 is 0. The summed E-state index contributed by atoms with van der Waals surface area (Å²) in [5, 5.41) is 21.3. The zero-order valence-corrected chi connectivity index (χ0v) is 21.5. The highest BCUT2D eigenvalue weighted by molar-refractivity contribution is 5.97. The van der Waals surface area contributed by atoms with Crippen LogP contribution in [0.15, 0.2) is 30.3 Å². The number of hydrogen-bond donors (Lipinski definition) is 5. The molecule has 1 fully saturated rings. The zero-order valence-electron chi connectivity index (χ0n) is 21.5. The minimum absolute atomic E-state index is 0.198. The molecule has 0 aromatic heterocycles. The summed E-state index contributed by atoms with van der Waals surface area (Å²) in [4.78, 5) is 53.2. The van der Waals surface area contributed by atoms with E-state index in [0.29, 0.717) is 6.42 Å². The predicted octanol–water partition coefficient (Wildman–Crippen LogP) is 0.901. The highest BCUT2D eigenvalue weighted by Gasteiger charge is 2.38. The molecular weight excluding hydrogens is 448 g/mol. The fraction of sp³-hybridized carbons (Fsp3) is 0.615. The van der Waals surface area contributed by atoms with Gasteiger partial charge in [-0.2, -0.15) is 0 Å². The van der Waals surface area contributed by atoms with Gasteiger partial charge in [-0.05, 0) is 24.3 Å². The highest BCUT2D eigenvalue weighted by atomic mass is 16.3. The van der Waals surface area contributed by atoms with Gasteiger partial charge in [-0.25, -0.2) is 0 Å². The van der Waals surface area contributed by atoms with E-state index in [4.69, 9.17) is 0 Å². The van der Waals surface area contributed by atoms with Gasteiger partial charge in [0.1, 0.15) is 24.2 Å². The van der Waals surface area contributed by atoms with Crippen LogP contribution in [0.3, 0.4) is 0 Å². The molecule has 0 saturated carbocycles. The average Bonchev–Trinajstić information content (AvgIpc) is 2.82. The number of benzene rings is 1. The number of nitrogens with one attached hydrogen (secondary N) is 4. The molecule has 0 radical (unpaired) electrons. The third kappa shape index (κ3) is 7.52. The number of aliphatic hydroxyl groups is 1. The van der Waals surface area contributed by atoms with E-state index in [1.165, 1.54) is 6.92 Å². The van der Waals surface area contributed by atoms with Crippen molar-refractivity contribution < 1.29 is 24.3 Å². The van der Waals surface area contributed by atoms with E-state index in [1.807, 2.05) is 44.2 Å². The summed E-state index contributed by atoms with van der Waals surface area (Å²) in [6, 6.07) is 5.34. The van der Waals surface area contributed by atoms with Gasteiger partial charge in [0, 0.05) is 12.3 Å². The predicted molar refractivity (Wildman–Crippen MR) is 133 cm³/mol. The van der Waals surface area contributed by atoms with Gasteiger partial charge in [-0.1, -0.05) is 71.4 Å². The molecule has 1 aliphatic rings. The summed E-state index contributed by atoms with van der Waals surface area (Å²) in [7, 11) is 0. The summed E-state index contributed by atoms with van der Waals surface area (Å²) in [5.74, 6) is -3.14. The van der Waals surface area contributed by atoms with Crippen LogP contribution in [0.1, 0.15) is 53.5 Å². The number of carbonyl (C=O) groups excluding carboxylic acids is 4. The molecule has 7 unspecified atom stereocenters. The number of rotatable bonds is 7. The zero-order chi connectivity index (χ0) is 26.3. The van der Waals surface area contributed by atoms with Crippen LogP contribution >= 0.6 is 0 Å². The summed E-state index contributed by atoms with van der Waals surface area (Å²) in [5.41, 5.74) is 0.826. The molecular formula is C26H40N4O5. The lowest BCUT2D eigenvalue weighted by Crippen LogP contribution is -2.64. The summed E-state index contributed by atoms with van der Waals surface area (Å²) in [6.45, 7) is 10.5. The van der Waals surface area contributed by atoms with E-state index in [2.05, 4.69) is 21.3 Å². The van der Waals surface area contributed by atoms with Gasteiger partial charge < -0.3 is 26.4 Å². The van der Waals surface area contributed by atoms with Crippen molar-refractivity contribution in [3.8, 4) is 0 Å². The first-order chi connectivity index (χ1) is 16.5. The van der Waals surface area contributed by atoms with E-state index in [-0.39, 0.29) is 18.3 Å². The quantitative estimate of drug-likeness (QED) is 0.388. The smallest absolute Gasteiger partial charge is 0.243 e. The van der Waals surface area contributed by atoms with Crippen molar-refractivity contribution in [3.05, 3.63) is 35.9 Å². The average molecular weight is 489 g/mol. The van der Waals surface area contributed by atoms with Gasteiger partial charge in [0.25, 0.3) is 0 Å². The minimum atomic E-state index is -1.10. The lowest BCUT2D eigenvalue weighted by Gasteiger charge is -2.34. The summed E-state index contributed by atoms with van der Waals surface area (Å²) >= 11 is 0. The van der Waals surface area contributed by atoms with Crippen LogP contribution < -0.4 is 21.3 Å². The van der Waals surface area contributed by atoms with Gasteiger partial charge in [0.15, 0.2) is 0 Å². The maximum Gasteiger partial charge on any atom is 0.243 e. The third-order valence-electron chi connectivity index (χ3n) is 6.82. The molecule has 5 N–H and O–H groups in total. The first-order valence-electron chi connectivity index (χ1n) is 12.4. The van der Waals surface area contributed by atoms with Crippen molar-refractivity contribution in [2.75, 3.05) is 0 Å². The fourth-order valence-electron chi connectivity index (χ4n) is 4.01. The Hall–Kier alpha value is -2.94. The molecule has 0 aliphatic carbocycles. The molecule has 35 heavy (non-hydrogen) atoms. The van der Waals surface area contributed by atoms with Crippen molar-refractivity contribution in [2.45, 2.75) is 84.7 Å². The monoisotopic (exact) mass is 488 g/mol. The number of amides is 4. The largest absolute Gasteiger partial charge is 0.393 e. The van der Waals surface area contributed by atoms with E-state index in [9.17, 15) is 24.3 Å². The number of aliphatic hydroxyl groups excluding tert-OH is 1. The lowest BCUT2D eigenvalue weighted by atomic mass is 9.92. The third-order valence-corrected chi connectivity index (χ3v) is 6.82. The van der Waals surface area contributed by atoms with Crippen LogP contribution in [-0.2, 0) is 25.6 Å². The van der Waals surface area contributed by atoms with Crippen LogP contribution in [0, 0.1) is 17.8 Å². The number of carbonyl (C=O) groups is 4. The Morgan fingerprint density at radius 2 is 1.26 bits per heavy atom.